The van der Waals surface area contributed by atoms with Crippen LogP contribution in [0.15, 0.2) is 30.3 Å². The smallest absolute Gasteiger partial charge is 0.341 e. The Kier molecular flexibility index (Phi) is 6.82. The van der Waals surface area contributed by atoms with Gasteiger partial charge in [0.25, 0.3) is 0 Å². The number of esters is 1. The molecule has 0 aromatic heterocycles. The molecule has 0 amide bonds. The number of carbonyl (C=O) groups is 1. The topological polar surface area (TPSA) is 38.3 Å². The van der Waals surface area contributed by atoms with Crippen molar-refractivity contribution in [3.63, 3.8) is 0 Å². The van der Waals surface area contributed by atoms with Crippen LogP contribution in [-0.2, 0) is 16.6 Å². The first-order valence-electron chi connectivity index (χ1n) is 10.8. The summed E-state index contributed by atoms with van der Waals surface area (Å²) in [6, 6.07) is 9.43. The van der Waals surface area contributed by atoms with Crippen LogP contribution >= 0.6 is 0 Å². The van der Waals surface area contributed by atoms with E-state index in [1.807, 2.05) is 13.0 Å². The third-order valence-electron chi connectivity index (χ3n) is 5.62. The van der Waals surface area contributed by atoms with Crippen molar-refractivity contribution in [2.24, 2.45) is 0 Å². The minimum Gasteiger partial charge on any atom is -0.462 e. The first-order valence-corrected chi connectivity index (χ1v) is 10.8. The van der Waals surface area contributed by atoms with Gasteiger partial charge >= 0.3 is 5.97 Å². The fourth-order valence-electron chi connectivity index (χ4n) is 3.96. The zero-order chi connectivity index (χ0) is 21.7. The third-order valence-corrected chi connectivity index (χ3v) is 5.62. The van der Waals surface area contributed by atoms with Crippen molar-refractivity contribution in [3.8, 4) is 11.8 Å². The molecule has 0 atom stereocenters. The van der Waals surface area contributed by atoms with Gasteiger partial charge in [-0.25, -0.2) is 9.18 Å². The van der Waals surface area contributed by atoms with Gasteiger partial charge in [-0.15, -0.1) is 0 Å². The van der Waals surface area contributed by atoms with Crippen LogP contribution in [0.1, 0.15) is 79.6 Å². The molecule has 158 valence electrons. The minimum absolute atomic E-state index is 0.0882. The first-order chi connectivity index (χ1) is 14.4. The van der Waals surface area contributed by atoms with E-state index in [-0.39, 0.29) is 23.1 Å². The van der Waals surface area contributed by atoms with E-state index in [0.717, 1.165) is 24.8 Å². The van der Waals surface area contributed by atoms with Crippen LogP contribution in [0.25, 0.3) is 0 Å². The second-order valence-corrected chi connectivity index (χ2v) is 8.36. The number of fused-ring (bicyclic) bond motifs is 1. The summed E-state index contributed by atoms with van der Waals surface area (Å²) in [5.41, 5.74) is 4.37. The largest absolute Gasteiger partial charge is 0.462 e. The van der Waals surface area contributed by atoms with E-state index in [1.165, 1.54) is 23.6 Å². The van der Waals surface area contributed by atoms with Gasteiger partial charge in [-0.1, -0.05) is 38.7 Å². The molecule has 0 radical (unpaired) electrons. The van der Waals surface area contributed by atoms with Crippen LogP contribution in [0.5, 0.6) is 0 Å². The fourth-order valence-corrected chi connectivity index (χ4v) is 3.96. The Morgan fingerprint density at radius 1 is 1.20 bits per heavy atom. The minimum atomic E-state index is -0.671. The predicted molar refractivity (Wildman–Crippen MR) is 120 cm³/mol. The third kappa shape index (κ3) is 4.67. The molecule has 3 rings (SSSR count). The molecular formula is C26H30FNO2. The first kappa shape index (κ1) is 21.9. The fraction of sp³-hybridized carbons (Fsp3) is 0.423. The number of ether oxygens (including phenoxy) is 1. The van der Waals surface area contributed by atoms with E-state index in [9.17, 15) is 4.79 Å². The highest BCUT2D eigenvalue weighted by molar-refractivity contribution is 5.91. The molecule has 1 aliphatic carbocycles. The van der Waals surface area contributed by atoms with Crippen molar-refractivity contribution in [1.82, 2.24) is 0 Å². The van der Waals surface area contributed by atoms with Crippen molar-refractivity contribution in [3.05, 3.63) is 64.0 Å². The molecule has 1 N–H and O–H groups in total. The van der Waals surface area contributed by atoms with Crippen molar-refractivity contribution in [2.45, 2.75) is 58.8 Å². The lowest BCUT2D eigenvalue weighted by molar-refractivity contribution is 0.0521. The summed E-state index contributed by atoms with van der Waals surface area (Å²) in [4.78, 5) is 12.1. The van der Waals surface area contributed by atoms with Gasteiger partial charge in [-0.2, -0.15) is 0 Å². The maximum Gasteiger partial charge on any atom is 0.341 e. The lowest BCUT2D eigenvalue weighted by Crippen LogP contribution is -2.23. The highest BCUT2D eigenvalue weighted by Crippen LogP contribution is 2.37. The maximum absolute atomic E-state index is 15.2. The summed E-state index contributed by atoms with van der Waals surface area (Å²) in [7, 11) is 0. The second-order valence-electron chi connectivity index (χ2n) is 8.36. The highest BCUT2D eigenvalue weighted by Gasteiger charge is 2.27. The monoisotopic (exact) mass is 407 g/mol. The molecule has 0 saturated carbocycles. The number of hydrogen-bond acceptors (Lipinski definition) is 3. The van der Waals surface area contributed by atoms with Crippen LogP contribution in [0.3, 0.4) is 0 Å². The Morgan fingerprint density at radius 2 is 2.00 bits per heavy atom. The Balaban J connectivity index is 2.03. The maximum atomic E-state index is 15.2. The molecular weight excluding hydrogens is 377 g/mol. The van der Waals surface area contributed by atoms with Gasteiger partial charge in [-0.3, -0.25) is 0 Å². The lowest BCUT2D eigenvalue weighted by Gasteiger charge is -2.32. The molecule has 0 aliphatic heterocycles. The van der Waals surface area contributed by atoms with Crippen molar-refractivity contribution in [1.29, 1.82) is 0 Å². The van der Waals surface area contributed by atoms with E-state index >= 15 is 4.39 Å². The molecule has 0 unspecified atom stereocenters. The molecule has 0 spiro atoms. The second kappa shape index (κ2) is 9.34. The Labute approximate surface area is 179 Å². The Hall–Kier alpha value is -2.80. The SMILES string of the molecule is CCCNc1ccc(C(=O)OCC)c(F)c1C#Cc1ccc2c(c1)C(C)(C)CCC2. The predicted octanol–water partition coefficient (Wildman–Crippen LogP) is 5.84. The summed E-state index contributed by atoms with van der Waals surface area (Å²) in [6.45, 7) is 9.15. The quantitative estimate of drug-likeness (QED) is 0.500. The number of rotatable bonds is 5. The van der Waals surface area contributed by atoms with Gasteiger partial charge in [0.1, 0.15) is 0 Å². The average molecular weight is 408 g/mol. The number of aryl methyl sites for hydroxylation is 1. The molecule has 0 bridgehead atoms. The van der Waals surface area contributed by atoms with E-state index in [1.54, 1.807) is 13.0 Å². The van der Waals surface area contributed by atoms with Gasteiger partial charge in [0.15, 0.2) is 5.82 Å². The summed E-state index contributed by atoms with van der Waals surface area (Å²) in [5, 5.41) is 3.21. The molecule has 2 aromatic carbocycles. The van der Waals surface area contributed by atoms with E-state index < -0.39 is 11.8 Å². The number of anilines is 1. The average Bonchev–Trinajstić information content (AvgIpc) is 2.71. The molecule has 0 fully saturated rings. The van der Waals surface area contributed by atoms with Crippen molar-refractivity contribution in [2.75, 3.05) is 18.5 Å². The van der Waals surface area contributed by atoms with Crippen LogP contribution in [-0.4, -0.2) is 19.1 Å². The van der Waals surface area contributed by atoms with Crippen molar-refractivity contribution >= 4 is 11.7 Å². The Morgan fingerprint density at radius 3 is 2.73 bits per heavy atom. The zero-order valence-corrected chi connectivity index (χ0v) is 18.3. The molecule has 2 aromatic rings. The number of nitrogens with one attached hydrogen (secondary N) is 1. The lowest BCUT2D eigenvalue weighted by atomic mass is 9.72. The summed E-state index contributed by atoms with van der Waals surface area (Å²) in [5.74, 6) is 4.80. The zero-order valence-electron chi connectivity index (χ0n) is 18.3. The molecule has 30 heavy (non-hydrogen) atoms. The molecule has 1 aliphatic rings. The molecule has 0 saturated heterocycles. The summed E-state index contributed by atoms with van der Waals surface area (Å²) >= 11 is 0. The van der Waals surface area contributed by atoms with E-state index in [2.05, 4.69) is 43.1 Å². The van der Waals surface area contributed by atoms with Crippen LogP contribution in [0.2, 0.25) is 0 Å². The van der Waals surface area contributed by atoms with Crippen LogP contribution in [0.4, 0.5) is 10.1 Å². The van der Waals surface area contributed by atoms with Gasteiger partial charge in [-0.05, 0) is 73.4 Å². The highest BCUT2D eigenvalue weighted by atomic mass is 19.1. The van der Waals surface area contributed by atoms with Gasteiger partial charge in [0, 0.05) is 12.1 Å². The van der Waals surface area contributed by atoms with E-state index in [4.69, 9.17) is 4.74 Å². The summed E-state index contributed by atoms with van der Waals surface area (Å²) < 4.78 is 20.2. The van der Waals surface area contributed by atoms with Crippen molar-refractivity contribution < 1.29 is 13.9 Å². The molecule has 4 heteroatoms. The standard InChI is InChI=1S/C26H30FNO2/c1-5-16-28-23-14-13-21(25(29)30-6-2)24(27)20(23)12-10-18-9-11-19-8-7-15-26(3,4)22(19)17-18/h9,11,13-14,17,28H,5-8,15-16H2,1-4H3. The summed E-state index contributed by atoms with van der Waals surface area (Å²) in [6.07, 6.45) is 4.34. The number of carbonyl (C=O) groups excluding carboxylic acids is 1. The molecule has 0 heterocycles. The van der Waals surface area contributed by atoms with Crippen LogP contribution < -0.4 is 5.32 Å². The number of halogens is 1. The van der Waals surface area contributed by atoms with Gasteiger partial charge in [0.05, 0.1) is 23.4 Å². The van der Waals surface area contributed by atoms with E-state index in [0.29, 0.717) is 12.2 Å². The normalized spacial score (nSPS) is 14.3. The number of hydrogen-bond donors (Lipinski definition) is 1. The Bertz CT molecular complexity index is 998. The van der Waals surface area contributed by atoms with Gasteiger partial charge < -0.3 is 10.1 Å². The molecule has 3 nitrogen and oxygen atoms in total. The van der Waals surface area contributed by atoms with Gasteiger partial charge in [0.2, 0.25) is 0 Å². The van der Waals surface area contributed by atoms with Crippen LogP contribution in [0, 0.1) is 17.7 Å². The number of benzene rings is 2.